The Bertz CT molecular complexity index is 613. The zero-order valence-corrected chi connectivity index (χ0v) is 11.4. The predicted octanol–water partition coefficient (Wildman–Crippen LogP) is -0.285. The summed E-state index contributed by atoms with van der Waals surface area (Å²) in [4.78, 5) is 26.6. The third kappa shape index (κ3) is 4.59. The van der Waals surface area contributed by atoms with E-state index in [0.717, 1.165) is 0 Å². The van der Waals surface area contributed by atoms with Crippen molar-refractivity contribution < 1.29 is 27.7 Å². The van der Waals surface area contributed by atoms with Gasteiger partial charge in [0.25, 0.3) is 16.0 Å². The van der Waals surface area contributed by atoms with Crippen LogP contribution >= 0.6 is 0 Å². The van der Waals surface area contributed by atoms with E-state index in [2.05, 4.69) is 4.98 Å². The lowest BCUT2D eigenvalue weighted by molar-refractivity contribution is -0.138. The van der Waals surface area contributed by atoms with Crippen LogP contribution < -0.4 is 5.32 Å². The lowest BCUT2D eigenvalue weighted by Crippen LogP contribution is -2.45. The van der Waals surface area contributed by atoms with Crippen LogP contribution in [0.1, 0.15) is 23.0 Å². The van der Waals surface area contributed by atoms with Gasteiger partial charge in [0.1, 0.15) is 17.5 Å². The summed E-state index contributed by atoms with van der Waals surface area (Å²) in [7, 11) is -4.53. The fourth-order valence-corrected chi connectivity index (χ4v) is 2.19. The molecule has 0 aliphatic rings. The molecule has 1 unspecified atom stereocenters. The second-order valence-corrected chi connectivity index (χ2v) is 5.47. The van der Waals surface area contributed by atoms with E-state index in [9.17, 15) is 18.0 Å². The summed E-state index contributed by atoms with van der Waals surface area (Å²) in [5.74, 6) is -3.48. The molecule has 0 saturated carbocycles. The first-order chi connectivity index (χ1) is 9.24. The van der Waals surface area contributed by atoms with Gasteiger partial charge in [-0.2, -0.15) is 8.42 Å². The van der Waals surface area contributed by atoms with Crippen molar-refractivity contribution in [1.82, 2.24) is 10.3 Å². The van der Waals surface area contributed by atoms with Crippen LogP contribution in [0.25, 0.3) is 0 Å². The number of carbonyl (C=O) groups is 2. The van der Waals surface area contributed by atoms with Crippen molar-refractivity contribution >= 4 is 22.0 Å². The highest BCUT2D eigenvalue weighted by Gasteiger charge is 2.27. The summed E-state index contributed by atoms with van der Waals surface area (Å²) in [6.07, 6.45) is 1.87. The van der Waals surface area contributed by atoms with Crippen molar-refractivity contribution in [3.63, 3.8) is 0 Å². The van der Waals surface area contributed by atoms with Gasteiger partial charge in [0, 0.05) is 6.20 Å². The molecule has 0 bridgehead atoms. The van der Waals surface area contributed by atoms with Crippen LogP contribution in [0.3, 0.4) is 0 Å². The van der Waals surface area contributed by atoms with Crippen molar-refractivity contribution in [3.05, 3.63) is 29.6 Å². The van der Waals surface area contributed by atoms with Gasteiger partial charge in [-0.15, -0.1) is 0 Å². The fraction of sp³-hybridized carbons (Fsp3) is 0.364. The number of rotatable bonds is 6. The maximum Gasteiger partial charge on any atom is 0.327 e. The summed E-state index contributed by atoms with van der Waals surface area (Å²) in [6, 6.07) is 1.53. The van der Waals surface area contributed by atoms with E-state index in [1.165, 1.54) is 6.20 Å². The first-order valence-corrected chi connectivity index (χ1v) is 7.28. The molecule has 20 heavy (non-hydrogen) atoms. The van der Waals surface area contributed by atoms with E-state index in [1.54, 1.807) is 19.1 Å². The van der Waals surface area contributed by atoms with Gasteiger partial charge in [-0.05, 0) is 18.1 Å². The molecule has 1 atom stereocenters. The van der Waals surface area contributed by atoms with Gasteiger partial charge < -0.3 is 10.4 Å². The number of aromatic nitrogens is 1. The van der Waals surface area contributed by atoms with Crippen molar-refractivity contribution in [2.45, 2.75) is 19.4 Å². The Labute approximate surface area is 115 Å². The molecule has 8 nitrogen and oxygen atoms in total. The monoisotopic (exact) mass is 302 g/mol. The Balaban J connectivity index is 2.94. The zero-order chi connectivity index (χ0) is 15.3. The molecule has 1 rings (SSSR count). The number of carbonyl (C=O) groups excluding carboxylic acids is 1. The van der Waals surface area contributed by atoms with Crippen LogP contribution in [0.5, 0.6) is 0 Å². The minimum absolute atomic E-state index is 0.0246. The highest BCUT2D eigenvalue weighted by molar-refractivity contribution is 7.85. The molecule has 1 heterocycles. The third-order valence-corrected chi connectivity index (χ3v) is 3.22. The first kappa shape index (κ1) is 16.1. The van der Waals surface area contributed by atoms with Crippen molar-refractivity contribution in [2.24, 2.45) is 0 Å². The van der Waals surface area contributed by atoms with E-state index in [0.29, 0.717) is 12.0 Å². The van der Waals surface area contributed by atoms with Crippen molar-refractivity contribution in [1.29, 1.82) is 0 Å². The Kier molecular flexibility index (Phi) is 5.17. The number of nitrogens with one attached hydrogen (secondary N) is 1. The van der Waals surface area contributed by atoms with E-state index >= 15 is 0 Å². The summed E-state index contributed by atoms with van der Waals surface area (Å²) in [5, 5.41) is 10.9. The Morgan fingerprint density at radius 2 is 2.10 bits per heavy atom. The molecule has 0 spiro atoms. The number of amides is 1. The molecule has 0 aliphatic heterocycles. The third-order valence-electron chi connectivity index (χ3n) is 2.47. The summed E-state index contributed by atoms with van der Waals surface area (Å²) in [5.41, 5.74) is 0.623. The average molecular weight is 302 g/mol. The second kappa shape index (κ2) is 6.44. The van der Waals surface area contributed by atoms with Gasteiger partial charge in [-0.3, -0.25) is 14.3 Å². The molecule has 0 saturated heterocycles. The van der Waals surface area contributed by atoms with Crippen molar-refractivity contribution in [2.75, 3.05) is 5.75 Å². The average Bonchev–Trinajstić information content (AvgIpc) is 2.36. The molecule has 0 aliphatic carbocycles. The number of hydrogen-bond acceptors (Lipinski definition) is 5. The molecule has 9 heteroatoms. The maximum absolute atomic E-state index is 11.9. The number of carboxylic acids is 1. The van der Waals surface area contributed by atoms with Gasteiger partial charge in [0.2, 0.25) is 0 Å². The molecule has 110 valence electrons. The molecule has 0 fully saturated rings. The smallest absolute Gasteiger partial charge is 0.327 e. The van der Waals surface area contributed by atoms with Crippen LogP contribution in [0, 0.1) is 0 Å². The first-order valence-electron chi connectivity index (χ1n) is 5.67. The minimum atomic E-state index is -4.53. The van der Waals surface area contributed by atoms with Gasteiger partial charge in [-0.1, -0.05) is 13.0 Å². The Morgan fingerprint density at radius 1 is 1.45 bits per heavy atom. The largest absolute Gasteiger partial charge is 0.480 e. The number of hydrogen-bond donors (Lipinski definition) is 3. The molecule has 1 aromatic heterocycles. The Morgan fingerprint density at radius 3 is 2.60 bits per heavy atom. The normalized spacial score (nSPS) is 12.7. The number of pyridine rings is 1. The molecule has 1 aromatic rings. The number of nitrogens with zero attached hydrogens (tertiary/aromatic N) is 1. The highest BCUT2D eigenvalue weighted by Crippen LogP contribution is 2.06. The van der Waals surface area contributed by atoms with Gasteiger partial charge in [0.05, 0.1) is 0 Å². The fourth-order valence-electron chi connectivity index (χ4n) is 1.54. The Hall–Kier alpha value is -2.00. The summed E-state index contributed by atoms with van der Waals surface area (Å²) < 4.78 is 30.1. The lowest BCUT2D eigenvalue weighted by Gasteiger charge is -2.13. The lowest BCUT2D eigenvalue weighted by atomic mass is 10.1. The van der Waals surface area contributed by atoms with Crippen LogP contribution in [-0.4, -0.2) is 46.7 Å². The number of aryl methyl sites for hydroxylation is 1. The number of aliphatic carboxylic acids is 1. The van der Waals surface area contributed by atoms with Crippen LogP contribution in [0.2, 0.25) is 0 Å². The summed E-state index contributed by atoms with van der Waals surface area (Å²) >= 11 is 0. The van der Waals surface area contributed by atoms with E-state index in [-0.39, 0.29) is 5.69 Å². The second-order valence-electron chi connectivity index (χ2n) is 3.98. The van der Waals surface area contributed by atoms with Gasteiger partial charge >= 0.3 is 5.97 Å². The molecular formula is C11H14N2O6S. The quantitative estimate of drug-likeness (QED) is 0.615. The topological polar surface area (TPSA) is 134 Å². The van der Waals surface area contributed by atoms with Gasteiger partial charge in [-0.25, -0.2) is 4.79 Å². The SMILES string of the molecule is CCc1cccnc1C(=O)NC(CS(=O)(=O)O)C(=O)O. The maximum atomic E-state index is 11.9. The minimum Gasteiger partial charge on any atom is -0.480 e. The van der Waals surface area contributed by atoms with Gasteiger partial charge in [0.15, 0.2) is 0 Å². The number of carboxylic acid groups (broad SMARTS) is 1. The predicted molar refractivity (Wildman–Crippen MR) is 68.9 cm³/mol. The van der Waals surface area contributed by atoms with Crippen LogP contribution in [-0.2, 0) is 21.3 Å². The van der Waals surface area contributed by atoms with Crippen LogP contribution in [0.4, 0.5) is 0 Å². The zero-order valence-electron chi connectivity index (χ0n) is 10.6. The standard InChI is InChI=1S/C11H14N2O6S/c1-2-7-4-3-5-12-9(7)10(14)13-8(11(15)16)6-20(17,18)19/h3-5,8H,2,6H2,1H3,(H,13,14)(H,15,16)(H,17,18,19). The molecule has 3 N–H and O–H groups in total. The van der Waals surface area contributed by atoms with Crippen LogP contribution in [0.15, 0.2) is 18.3 Å². The van der Waals surface area contributed by atoms with E-state index in [1.807, 2.05) is 5.32 Å². The van der Waals surface area contributed by atoms with E-state index in [4.69, 9.17) is 9.66 Å². The van der Waals surface area contributed by atoms with E-state index < -0.39 is 33.8 Å². The summed E-state index contributed by atoms with van der Waals surface area (Å²) in [6.45, 7) is 1.79. The molecule has 0 aromatic carbocycles. The highest BCUT2D eigenvalue weighted by atomic mass is 32.2. The van der Waals surface area contributed by atoms with Crippen molar-refractivity contribution in [3.8, 4) is 0 Å². The molecule has 1 amide bonds. The molecular weight excluding hydrogens is 288 g/mol. The molecule has 0 radical (unpaired) electrons.